The average molecular weight is 300 g/mol. The molecule has 0 aliphatic carbocycles. The van der Waals surface area contributed by atoms with Gasteiger partial charge >= 0.3 is 0 Å². The maximum absolute atomic E-state index is 12.1. The zero-order chi connectivity index (χ0) is 13.8. The Morgan fingerprint density at radius 2 is 1.89 bits per heavy atom. The van der Waals surface area contributed by atoms with Gasteiger partial charge < -0.3 is 4.90 Å². The van der Waals surface area contributed by atoms with Crippen molar-refractivity contribution in [1.82, 2.24) is 15.1 Å². The first-order chi connectivity index (χ1) is 9.09. The summed E-state index contributed by atoms with van der Waals surface area (Å²) >= 11 is 7.36. The average Bonchev–Trinajstić information content (AvgIpc) is 2.45. The molecule has 0 N–H and O–H groups in total. The first kappa shape index (κ1) is 14.6. The van der Waals surface area contributed by atoms with Crippen molar-refractivity contribution in [3.05, 3.63) is 16.3 Å². The third kappa shape index (κ3) is 3.60. The fourth-order valence-electron chi connectivity index (χ4n) is 2.06. The number of amides is 1. The van der Waals surface area contributed by atoms with Gasteiger partial charge in [-0.2, -0.15) is 0 Å². The fourth-order valence-corrected chi connectivity index (χ4v) is 3.15. The molecular formula is C13H18ClN3OS. The number of piperidine rings is 1. The lowest BCUT2D eigenvalue weighted by Crippen LogP contribution is -2.36. The number of rotatable bonds is 3. The van der Waals surface area contributed by atoms with Gasteiger partial charge in [0.1, 0.15) is 5.03 Å². The Bertz CT molecular complexity index is 475. The van der Waals surface area contributed by atoms with Crippen LogP contribution in [0.1, 0.15) is 30.4 Å². The molecule has 0 saturated carbocycles. The maximum Gasteiger partial charge on any atom is 0.232 e. The van der Waals surface area contributed by atoms with E-state index in [0.29, 0.717) is 10.9 Å². The molecule has 19 heavy (non-hydrogen) atoms. The van der Waals surface area contributed by atoms with E-state index in [0.717, 1.165) is 42.1 Å². The Hall–Kier alpha value is -0.810. The van der Waals surface area contributed by atoms with E-state index in [-0.39, 0.29) is 5.91 Å². The van der Waals surface area contributed by atoms with Crippen molar-refractivity contribution in [2.45, 2.75) is 38.1 Å². The van der Waals surface area contributed by atoms with Gasteiger partial charge in [0.05, 0.1) is 5.75 Å². The van der Waals surface area contributed by atoms with Gasteiger partial charge in [-0.25, -0.2) is 0 Å². The van der Waals surface area contributed by atoms with Crippen LogP contribution in [0, 0.1) is 13.8 Å². The lowest BCUT2D eigenvalue weighted by Gasteiger charge is -2.26. The zero-order valence-electron chi connectivity index (χ0n) is 11.3. The zero-order valence-corrected chi connectivity index (χ0v) is 12.9. The van der Waals surface area contributed by atoms with Crippen molar-refractivity contribution in [2.75, 3.05) is 18.8 Å². The number of likely N-dealkylation sites (tertiary alicyclic amines) is 1. The number of carbonyl (C=O) groups is 1. The van der Waals surface area contributed by atoms with E-state index in [4.69, 9.17) is 11.6 Å². The second kappa shape index (κ2) is 6.57. The summed E-state index contributed by atoms with van der Waals surface area (Å²) < 4.78 is 0. The molecule has 2 rings (SSSR count). The molecule has 0 spiro atoms. The van der Waals surface area contributed by atoms with Crippen LogP contribution in [0.15, 0.2) is 5.03 Å². The van der Waals surface area contributed by atoms with E-state index >= 15 is 0 Å². The minimum Gasteiger partial charge on any atom is -0.342 e. The quantitative estimate of drug-likeness (QED) is 0.805. The number of hydrogen-bond acceptors (Lipinski definition) is 4. The van der Waals surface area contributed by atoms with Gasteiger partial charge in [0.25, 0.3) is 0 Å². The molecule has 0 radical (unpaired) electrons. The van der Waals surface area contributed by atoms with E-state index in [1.807, 2.05) is 18.7 Å². The standard InChI is InChI=1S/C13H18ClN3OS/c1-9-10(2)13(16-15-12(9)14)19-8-11(18)17-6-4-3-5-7-17/h3-8H2,1-2H3. The Balaban J connectivity index is 1.95. The van der Waals surface area contributed by atoms with Crippen molar-refractivity contribution >= 4 is 29.3 Å². The van der Waals surface area contributed by atoms with Crippen LogP contribution in [-0.2, 0) is 4.79 Å². The topological polar surface area (TPSA) is 46.1 Å². The molecule has 1 aromatic heterocycles. The van der Waals surface area contributed by atoms with Crippen molar-refractivity contribution in [3.8, 4) is 0 Å². The number of nitrogens with zero attached hydrogens (tertiary/aromatic N) is 3. The lowest BCUT2D eigenvalue weighted by atomic mass is 10.1. The Morgan fingerprint density at radius 1 is 1.21 bits per heavy atom. The van der Waals surface area contributed by atoms with Crippen LogP contribution in [0.3, 0.4) is 0 Å². The van der Waals surface area contributed by atoms with Crippen LogP contribution in [-0.4, -0.2) is 39.8 Å². The third-order valence-electron chi connectivity index (χ3n) is 3.46. The van der Waals surface area contributed by atoms with E-state index in [1.54, 1.807) is 0 Å². The second-order valence-electron chi connectivity index (χ2n) is 4.78. The number of aromatic nitrogens is 2. The van der Waals surface area contributed by atoms with Gasteiger partial charge in [-0.05, 0) is 44.2 Å². The molecule has 2 heterocycles. The molecule has 1 saturated heterocycles. The smallest absolute Gasteiger partial charge is 0.232 e. The number of thioether (sulfide) groups is 1. The summed E-state index contributed by atoms with van der Waals surface area (Å²) in [6.07, 6.45) is 3.47. The Kier molecular flexibility index (Phi) is 5.05. The Morgan fingerprint density at radius 3 is 2.58 bits per heavy atom. The maximum atomic E-state index is 12.1. The van der Waals surface area contributed by atoms with E-state index in [9.17, 15) is 4.79 Å². The summed E-state index contributed by atoms with van der Waals surface area (Å²) in [5, 5.41) is 9.20. The molecule has 6 heteroatoms. The molecule has 0 bridgehead atoms. The molecule has 1 amide bonds. The van der Waals surface area contributed by atoms with Gasteiger partial charge in [-0.15, -0.1) is 10.2 Å². The molecule has 1 aliphatic rings. The van der Waals surface area contributed by atoms with Gasteiger partial charge in [0.2, 0.25) is 5.91 Å². The van der Waals surface area contributed by atoms with E-state index in [1.165, 1.54) is 18.2 Å². The highest BCUT2D eigenvalue weighted by atomic mass is 35.5. The largest absolute Gasteiger partial charge is 0.342 e. The summed E-state index contributed by atoms with van der Waals surface area (Å²) in [5.41, 5.74) is 1.95. The molecule has 104 valence electrons. The highest BCUT2D eigenvalue weighted by molar-refractivity contribution is 7.99. The number of hydrogen-bond donors (Lipinski definition) is 0. The third-order valence-corrected chi connectivity index (χ3v) is 4.87. The molecular weight excluding hydrogens is 282 g/mol. The summed E-state index contributed by atoms with van der Waals surface area (Å²) in [7, 11) is 0. The highest BCUT2D eigenvalue weighted by Gasteiger charge is 2.17. The number of halogens is 1. The minimum atomic E-state index is 0.193. The molecule has 4 nitrogen and oxygen atoms in total. The lowest BCUT2D eigenvalue weighted by molar-refractivity contribution is -0.129. The Labute approximate surface area is 122 Å². The molecule has 0 aromatic carbocycles. The predicted molar refractivity (Wildman–Crippen MR) is 77.7 cm³/mol. The first-order valence-electron chi connectivity index (χ1n) is 6.49. The second-order valence-corrected chi connectivity index (χ2v) is 6.10. The van der Waals surface area contributed by atoms with Crippen LogP contribution in [0.25, 0.3) is 0 Å². The predicted octanol–water partition coefficient (Wildman–Crippen LogP) is 2.85. The van der Waals surface area contributed by atoms with Crippen molar-refractivity contribution < 1.29 is 4.79 Å². The molecule has 0 unspecified atom stereocenters. The molecule has 1 aliphatic heterocycles. The van der Waals surface area contributed by atoms with Crippen molar-refractivity contribution in [3.63, 3.8) is 0 Å². The minimum absolute atomic E-state index is 0.193. The highest BCUT2D eigenvalue weighted by Crippen LogP contribution is 2.25. The van der Waals surface area contributed by atoms with Crippen LogP contribution < -0.4 is 0 Å². The van der Waals surface area contributed by atoms with Crippen LogP contribution in [0.5, 0.6) is 0 Å². The normalized spacial score (nSPS) is 15.6. The van der Waals surface area contributed by atoms with Gasteiger partial charge in [-0.1, -0.05) is 23.4 Å². The number of carbonyl (C=O) groups excluding carboxylic acids is 1. The molecule has 1 fully saturated rings. The SMILES string of the molecule is Cc1c(Cl)nnc(SCC(=O)N2CCCCC2)c1C. The molecule has 1 aromatic rings. The fraction of sp³-hybridized carbons (Fsp3) is 0.615. The van der Waals surface area contributed by atoms with Crippen LogP contribution >= 0.6 is 23.4 Å². The van der Waals surface area contributed by atoms with Crippen LogP contribution in [0.4, 0.5) is 0 Å². The summed E-state index contributed by atoms with van der Waals surface area (Å²) in [6.45, 7) is 5.67. The summed E-state index contributed by atoms with van der Waals surface area (Å²) in [4.78, 5) is 14.0. The first-order valence-corrected chi connectivity index (χ1v) is 7.86. The van der Waals surface area contributed by atoms with Gasteiger partial charge in [0, 0.05) is 13.1 Å². The summed E-state index contributed by atoms with van der Waals surface area (Å²) in [6, 6.07) is 0. The van der Waals surface area contributed by atoms with Gasteiger partial charge in [-0.3, -0.25) is 4.79 Å². The van der Waals surface area contributed by atoms with Crippen molar-refractivity contribution in [1.29, 1.82) is 0 Å². The van der Waals surface area contributed by atoms with E-state index < -0.39 is 0 Å². The van der Waals surface area contributed by atoms with Gasteiger partial charge in [0.15, 0.2) is 5.15 Å². The molecule has 0 atom stereocenters. The van der Waals surface area contributed by atoms with Crippen molar-refractivity contribution in [2.24, 2.45) is 0 Å². The van der Waals surface area contributed by atoms with Crippen LogP contribution in [0.2, 0.25) is 5.15 Å². The van der Waals surface area contributed by atoms with E-state index in [2.05, 4.69) is 10.2 Å². The monoisotopic (exact) mass is 299 g/mol. The summed E-state index contributed by atoms with van der Waals surface area (Å²) in [5.74, 6) is 0.620.